The summed E-state index contributed by atoms with van der Waals surface area (Å²) in [6.45, 7) is 3.80. The van der Waals surface area contributed by atoms with Crippen molar-refractivity contribution in [2.45, 2.75) is 13.3 Å². The number of nitrogens with zero attached hydrogens (tertiary/aromatic N) is 2. The van der Waals surface area contributed by atoms with Crippen LogP contribution in [0.2, 0.25) is 0 Å². The van der Waals surface area contributed by atoms with E-state index in [2.05, 4.69) is 0 Å². The third-order valence-electron chi connectivity index (χ3n) is 3.32. The minimum absolute atomic E-state index is 0.0135. The highest BCUT2D eigenvalue weighted by Gasteiger charge is 2.23. The number of carbonyl (C=O) groups excluding carboxylic acids is 1. The fourth-order valence-corrected chi connectivity index (χ4v) is 2.29. The minimum Gasteiger partial charge on any atom is -0.336 e. The van der Waals surface area contributed by atoms with Crippen molar-refractivity contribution >= 4 is 5.91 Å². The molecule has 0 atom stereocenters. The molecular formula is C14H18F2N2O. The van der Waals surface area contributed by atoms with E-state index < -0.39 is 6.43 Å². The molecule has 5 heteroatoms. The van der Waals surface area contributed by atoms with Gasteiger partial charge in [-0.2, -0.15) is 0 Å². The Hall–Kier alpha value is -1.49. The standard InChI is InChI=1S/C14H18F2N2O/c1-11-3-2-4-12(9-11)14(19)18-7-5-17(6-8-18)10-13(15)16/h2-4,9,13H,5-8,10H2,1H3. The lowest BCUT2D eigenvalue weighted by molar-refractivity contribution is 0.0459. The van der Waals surface area contributed by atoms with Crippen molar-refractivity contribution < 1.29 is 13.6 Å². The van der Waals surface area contributed by atoms with Crippen molar-refractivity contribution in [3.05, 3.63) is 35.4 Å². The first-order valence-electron chi connectivity index (χ1n) is 6.42. The molecule has 1 heterocycles. The number of benzene rings is 1. The number of hydrogen-bond donors (Lipinski definition) is 0. The van der Waals surface area contributed by atoms with E-state index in [0.717, 1.165) is 5.56 Å². The van der Waals surface area contributed by atoms with Crippen LogP contribution in [0, 0.1) is 6.92 Å². The first kappa shape index (κ1) is 13.9. The zero-order chi connectivity index (χ0) is 13.8. The van der Waals surface area contributed by atoms with Crippen LogP contribution in [0.1, 0.15) is 15.9 Å². The maximum atomic E-state index is 12.3. The zero-order valence-corrected chi connectivity index (χ0v) is 11.0. The Morgan fingerprint density at radius 1 is 1.26 bits per heavy atom. The molecule has 0 spiro atoms. The van der Waals surface area contributed by atoms with Crippen LogP contribution in [0.5, 0.6) is 0 Å². The summed E-state index contributed by atoms with van der Waals surface area (Å²) >= 11 is 0. The normalized spacial score (nSPS) is 16.9. The number of rotatable bonds is 3. The van der Waals surface area contributed by atoms with Gasteiger partial charge in [-0.15, -0.1) is 0 Å². The van der Waals surface area contributed by atoms with Crippen LogP contribution >= 0.6 is 0 Å². The monoisotopic (exact) mass is 268 g/mol. The smallest absolute Gasteiger partial charge is 0.253 e. The van der Waals surface area contributed by atoms with E-state index in [1.807, 2.05) is 25.1 Å². The molecule has 1 fully saturated rings. The van der Waals surface area contributed by atoms with Crippen molar-refractivity contribution in [1.29, 1.82) is 0 Å². The largest absolute Gasteiger partial charge is 0.336 e. The second-order valence-corrected chi connectivity index (χ2v) is 4.85. The average molecular weight is 268 g/mol. The third kappa shape index (κ3) is 3.73. The molecule has 1 saturated heterocycles. The van der Waals surface area contributed by atoms with Crippen LogP contribution in [0.4, 0.5) is 8.78 Å². The first-order chi connectivity index (χ1) is 9.06. The molecular weight excluding hydrogens is 250 g/mol. The Bertz CT molecular complexity index is 443. The average Bonchev–Trinajstić information content (AvgIpc) is 2.38. The molecule has 1 aromatic rings. The molecule has 3 nitrogen and oxygen atoms in total. The summed E-state index contributed by atoms with van der Waals surface area (Å²) in [5.74, 6) is -0.0135. The predicted octanol–water partition coefficient (Wildman–Crippen LogP) is 2.02. The number of carbonyl (C=O) groups is 1. The molecule has 1 aliphatic heterocycles. The van der Waals surface area contributed by atoms with Crippen LogP contribution < -0.4 is 0 Å². The summed E-state index contributed by atoms with van der Waals surface area (Å²) in [6, 6.07) is 7.45. The van der Waals surface area contributed by atoms with Crippen LogP contribution in [0.15, 0.2) is 24.3 Å². The molecule has 19 heavy (non-hydrogen) atoms. The third-order valence-corrected chi connectivity index (χ3v) is 3.32. The molecule has 0 bridgehead atoms. The van der Waals surface area contributed by atoms with Crippen molar-refractivity contribution in [2.75, 3.05) is 32.7 Å². The second kappa shape index (κ2) is 6.10. The highest BCUT2D eigenvalue weighted by molar-refractivity contribution is 5.94. The SMILES string of the molecule is Cc1cccc(C(=O)N2CCN(CC(F)F)CC2)c1. The number of hydrogen-bond acceptors (Lipinski definition) is 2. The summed E-state index contributed by atoms with van der Waals surface area (Å²) in [5, 5.41) is 0. The van der Waals surface area contributed by atoms with Gasteiger partial charge in [0.25, 0.3) is 12.3 Å². The number of aryl methyl sites for hydroxylation is 1. The molecule has 0 radical (unpaired) electrons. The van der Waals surface area contributed by atoms with Crippen LogP contribution in [0.25, 0.3) is 0 Å². The van der Waals surface area contributed by atoms with E-state index >= 15 is 0 Å². The summed E-state index contributed by atoms with van der Waals surface area (Å²) in [6.07, 6.45) is -2.31. The predicted molar refractivity (Wildman–Crippen MR) is 69.5 cm³/mol. The van der Waals surface area contributed by atoms with E-state index in [1.54, 1.807) is 15.9 Å². The lowest BCUT2D eigenvalue weighted by atomic mass is 10.1. The number of alkyl halides is 2. The van der Waals surface area contributed by atoms with E-state index in [-0.39, 0.29) is 12.5 Å². The van der Waals surface area contributed by atoms with E-state index in [4.69, 9.17) is 0 Å². The summed E-state index contributed by atoms with van der Waals surface area (Å²) < 4.78 is 24.5. The van der Waals surface area contributed by atoms with Gasteiger partial charge in [-0.3, -0.25) is 9.69 Å². The van der Waals surface area contributed by atoms with Gasteiger partial charge in [-0.05, 0) is 19.1 Å². The molecule has 0 aliphatic carbocycles. The van der Waals surface area contributed by atoms with Crippen molar-refractivity contribution in [2.24, 2.45) is 0 Å². The summed E-state index contributed by atoms with van der Waals surface area (Å²) in [7, 11) is 0. The molecule has 0 unspecified atom stereocenters. The van der Waals surface area contributed by atoms with Gasteiger partial charge in [-0.1, -0.05) is 17.7 Å². The fourth-order valence-electron chi connectivity index (χ4n) is 2.29. The van der Waals surface area contributed by atoms with Crippen molar-refractivity contribution in [3.8, 4) is 0 Å². The Morgan fingerprint density at radius 3 is 2.53 bits per heavy atom. The molecule has 1 aliphatic rings. The van der Waals surface area contributed by atoms with Gasteiger partial charge in [0.15, 0.2) is 0 Å². The van der Waals surface area contributed by atoms with Gasteiger partial charge in [0.05, 0.1) is 6.54 Å². The van der Waals surface area contributed by atoms with E-state index in [1.165, 1.54) is 0 Å². The van der Waals surface area contributed by atoms with Crippen LogP contribution in [-0.2, 0) is 0 Å². The van der Waals surface area contributed by atoms with Crippen molar-refractivity contribution in [1.82, 2.24) is 9.80 Å². The van der Waals surface area contributed by atoms with Gasteiger partial charge >= 0.3 is 0 Å². The van der Waals surface area contributed by atoms with Gasteiger partial charge < -0.3 is 4.90 Å². The molecule has 0 aromatic heterocycles. The summed E-state index contributed by atoms with van der Waals surface area (Å²) in [5.41, 5.74) is 1.71. The maximum absolute atomic E-state index is 12.3. The van der Waals surface area contributed by atoms with Gasteiger partial charge in [-0.25, -0.2) is 8.78 Å². The zero-order valence-electron chi connectivity index (χ0n) is 11.0. The number of halogens is 2. The van der Waals surface area contributed by atoms with Gasteiger partial charge in [0.2, 0.25) is 0 Å². The highest BCUT2D eigenvalue weighted by atomic mass is 19.3. The topological polar surface area (TPSA) is 23.6 Å². The lowest BCUT2D eigenvalue weighted by Gasteiger charge is -2.34. The highest BCUT2D eigenvalue weighted by Crippen LogP contribution is 2.11. The molecule has 1 amide bonds. The van der Waals surface area contributed by atoms with Gasteiger partial charge in [0, 0.05) is 31.7 Å². The quantitative estimate of drug-likeness (QED) is 0.837. The summed E-state index contributed by atoms with van der Waals surface area (Å²) in [4.78, 5) is 15.7. The fraction of sp³-hybridized carbons (Fsp3) is 0.500. The van der Waals surface area contributed by atoms with Crippen LogP contribution in [-0.4, -0.2) is 54.9 Å². The number of piperazine rings is 1. The molecule has 0 saturated carbocycles. The number of amides is 1. The van der Waals surface area contributed by atoms with Gasteiger partial charge in [0.1, 0.15) is 0 Å². The molecule has 0 N–H and O–H groups in total. The molecule has 2 rings (SSSR count). The Balaban J connectivity index is 1.92. The lowest BCUT2D eigenvalue weighted by Crippen LogP contribution is -2.49. The Labute approximate surface area is 111 Å². The first-order valence-corrected chi connectivity index (χ1v) is 6.42. The molecule has 1 aromatic carbocycles. The molecule has 104 valence electrons. The second-order valence-electron chi connectivity index (χ2n) is 4.85. The Kier molecular flexibility index (Phi) is 4.47. The van der Waals surface area contributed by atoms with E-state index in [0.29, 0.717) is 31.7 Å². The minimum atomic E-state index is -2.31. The van der Waals surface area contributed by atoms with Crippen LogP contribution in [0.3, 0.4) is 0 Å². The maximum Gasteiger partial charge on any atom is 0.253 e. The van der Waals surface area contributed by atoms with E-state index in [9.17, 15) is 13.6 Å². The van der Waals surface area contributed by atoms with Crippen molar-refractivity contribution in [3.63, 3.8) is 0 Å². The Morgan fingerprint density at radius 2 is 1.95 bits per heavy atom.